The Balaban J connectivity index is 1.56. The van der Waals surface area contributed by atoms with E-state index in [0.29, 0.717) is 35.5 Å². The Hall–Kier alpha value is -0.120. The molecule has 4 rings (SSSR count). The molecule has 0 heterocycles. The first-order chi connectivity index (χ1) is 14.1. The van der Waals surface area contributed by atoms with E-state index in [1.165, 1.54) is 32.1 Å². The average Bonchev–Trinajstić information content (AvgIpc) is 3.02. The van der Waals surface area contributed by atoms with Gasteiger partial charge in [0, 0.05) is 0 Å². The second-order valence-electron chi connectivity index (χ2n) is 12.8. The van der Waals surface area contributed by atoms with Gasteiger partial charge in [0.15, 0.2) is 0 Å². The number of fused-ring (bicyclic) bond motifs is 5. The molecule has 0 aromatic rings. The van der Waals surface area contributed by atoms with E-state index in [0.717, 1.165) is 38.0 Å². The van der Waals surface area contributed by atoms with E-state index < -0.39 is 0 Å². The Kier molecular flexibility index (Phi) is 6.41. The minimum Gasteiger partial charge on any atom is -0.393 e. The summed E-state index contributed by atoms with van der Waals surface area (Å²) in [7, 11) is 0. The van der Waals surface area contributed by atoms with E-state index in [9.17, 15) is 15.3 Å². The summed E-state index contributed by atoms with van der Waals surface area (Å²) in [5.41, 5.74) is 0.128. The van der Waals surface area contributed by atoms with E-state index in [1.54, 1.807) is 0 Å². The van der Waals surface area contributed by atoms with Crippen molar-refractivity contribution in [2.45, 2.75) is 117 Å². The van der Waals surface area contributed by atoms with Gasteiger partial charge in [0.2, 0.25) is 0 Å². The summed E-state index contributed by atoms with van der Waals surface area (Å²) < 4.78 is 0. The molecule has 3 N–H and O–H groups in total. The summed E-state index contributed by atoms with van der Waals surface area (Å²) in [6.45, 7) is 11.8. The maximum Gasteiger partial charge on any atom is 0.0602 e. The Labute approximate surface area is 185 Å². The highest BCUT2D eigenvalue weighted by Gasteiger charge is 2.65. The molecule has 0 amide bonds. The first-order valence-corrected chi connectivity index (χ1v) is 13.1. The highest BCUT2D eigenvalue weighted by Crippen LogP contribution is 2.68. The lowest BCUT2D eigenvalue weighted by molar-refractivity contribution is -0.207. The Morgan fingerprint density at radius 3 is 2.30 bits per heavy atom. The second-order valence-corrected chi connectivity index (χ2v) is 12.8. The fraction of sp³-hybridized carbons (Fsp3) is 1.00. The lowest BCUT2D eigenvalue weighted by Crippen LogP contribution is -2.62. The molecular weight excluding hydrogens is 372 g/mol. The third-order valence-corrected chi connectivity index (χ3v) is 11.0. The molecule has 30 heavy (non-hydrogen) atoms. The Bertz CT molecular complexity index is 605. The van der Waals surface area contributed by atoms with E-state index in [4.69, 9.17) is 0 Å². The fourth-order valence-corrected chi connectivity index (χ4v) is 9.18. The van der Waals surface area contributed by atoms with Crippen molar-refractivity contribution in [1.29, 1.82) is 0 Å². The molecule has 3 nitrogen and oxygen atoms in total. The molecule has 4 aliphatic carbocycles. The molecule has 4 saturated carbocycles. The first-order valence-electron chi connectivity index (χ1n) is 13.1. The molecule has 3 heteroatoms. The number of aliphatic hydroxyl groups is 3. The average molecular weight is 421 g/mol. The summed E-state index contributed by atoms with van der Waals surface area (Å²) in [6.07, 6.45) is 10.0. The maximum atomic E-state index is 11.6. The van der Waals surface area contributed by atoms with Gasteiger partial charge in [-0.1, -0.05) is 53.9 Å². The summed E-state index contributed by atoms with van der Waals surface area (Å²) in [5.74, 6) is 3.59. The molecule has 4 fully saturated rings. The molecule has 0 bridgehead atoms. The van der Waals surface area contributed by atoms with Gasteiger partial charge in [-0.2, -0.15) is 0 Å². The molecule has 0 radical (unpaired) electrons. The maximum absolute atomic E-state index is 11.6. The normalized spacial score (nSPS) is 51.9. The van der Waals surface area contributed by atoms with Crippen molar-refractivity contribution in [1.82, 2.24) is 0 Å². The largest absolute Gasteiger partial charge is 0.393 e. The van der Waals surface area contributed by atoms with Gasteiger partial charge in [0.05, 0.1) is 18.3 Å². The molecule has 4 aliphatic rings. The van der Waals surface area contributed by atoms with Crippen LogP contribution in [0.2, 0.25) is 0 Å². The van der Waals surface area contributed by atoms with Gasteiger partial charge in [0.25, 0.3) is 0 Å². The monoisotopic (exact) mass is 420 g/mol. The van der Waals surface area contributed by atoms with E-state index in [2.05, 4.69) is 34.6 Å². The standard InChI is InChI=1S/C27H48O3/c1-16(2)7-6-8-17(3)20-9-10-21-25-22(15-24(30)27(20,21)5)26(4)12-11-19(28)13-18(26)14-23(25)29/h16-25,28-30H,6-15H2,1-5H3/t17-,18-,19+,20-,21+,22+,23-,24+,25+,26+,27-/m1/s1. The molecule has 11 atom stereocenters. The molecule has 0 spiro atoms. The first kappa shape index (κ1) is 23.1. The van der Waals surface area contributed by atoms with Crippen LogP contribution in [-0.2, 0) is 0 Å². The zero-order valence-electron chi connectivity index (χ0n) is 20.2. The van der Waals surface area contributed by atoms with Crippen molar-refractivity contribution >= 4 is 0 Å². The molecule has 174 valence electrons. The van der Waals surface area contributed by atoms with Crippen molar-refractivity contribution < 1.29 is 15.3 Å². The lowest BCUT2D eigenvalue weighted by atomic mass is 9.43. The molecule has 0 saturated heterocycles. The minimum absolute atomic E-state index is 0.0449. The molecule has 0 unspecified atom stereocenters. The molecule has 0 aromatic heterocycles. The highest BCUT2D eigenvalue weighted by molar-refractivity contribution is 5.14. The highest BCUT2D eigenvalue weighted by atomic mass is 16.3. The van der Waals surface area contributed by atoms with E-state index in [-0.39, 0.29) is 29.1 Å². The molecular formula is C27H48O3. The van der Waals surface area contributed by atoms with Crippen LogP contribution in [0.1, 0.15) is 98.8 Å². The zero-order valence-corrected chi connectivity index (χ0v) is 20.2. The Morgan fingerprint density at radius 2 is 1.60 bits per heavy atom. The predicted octanol–water partition coefficient (Wildman–Crippen LogP) is 5.41. The quantitative estimate of drug-likeness (QED) is 0.557. The van der Waals surface area contributed by atoms with Crippen molar-refractivity contribution in [3.05, 3.63) is 0 Å². The lowest BCUT2D eigenvalue weighted by Gasteiger charge is -2.63. The van der Waals surface area contributed by atoms with E-state index >= 15 is 0 Å². The van der Waals surface area contributed by atoms with Gasteiger partial charge in [-0.05, 0) is 97.2 Å². The van der Waals surface area contributed by atoms with Gasteiger partial charge < -0.3 is 15.3 Å². The van der Waals surface area contributed by atoms with Crippen LogP contribution in [0.15, 0.2) is 0 Å². The third kappa shape index (κ3) is 3.59. The van der Waals surface area contributed by atoms with Crippen LogP contribution >= 0.6 is 0 Å². The van der Waals surface area contributed by atoms with Crippen LogP contribution in [0.25, 0.3) is 0 Å². The van der Waals surface area contributed by atoms with Crippen LogP contribution in [0, 0.1) is 52.3 Å². The number of aliphatic hydroxyl groups excluding tert-OH is 3. The molecule has 0 aliphatic heterocycles. The summed E-state index contributed by atoms with van der Waals surface area (Å²) in [5, 5.41) is 33.2. The number of rotatable bonds is 5. The van der Waals surface area contributed by atoms with Crippen LogP contribution in [0.4, 0.5) is 0 Å². The third-order valence-electron chi connectivity index (χ3n) is 11.0. The number of hydrogen-bond donors (Lipinski definition) is 3. The van der Waals surface area contributed by atoms with Gasteiger partial charge in [-0.15, -0.1) is 0 Å². The zero-order chi connectivity index (χ0) is 21.8. The van der Waals surface area contributed by atoms with Crippen LogP contribution in [0.5, 0.6) is 0 Å². The van der Waals surface area contributed by atoms with Gasteiger partial charge in [-0.3, -0.25) is 0 Å². The van der Waals surface area contributed by atoms with Crippen LogP contribution in [-0.4, -0.2) is 33.6 Å². The second kappa shape index (κ2) is 8.34. The van der Waals surface area contributed by atoms with Crippen molar-refractivity contribution in [3.63, 3.8) is 0 Å². The van der Waals surface area contributed by atoms with Crippen LogP contribution in [0.3, 0.4) is 0 Å². The summed E-state index contributed by atoms with van der Waals surface area (Å²) in [6, 6.07) is 0. The Morgan fingerprint density at radius 1 is 0.867 bits per heavy atom. The summed E-state index contributed by atoms with van der Waals surface area (Å²) in [4.78, 5) is 0. The number of hydrogen-bond acceptors (Lipinski definition) is 3. The SMILES string of the molecule is CC(C)CCC[C@@H](C)[C@H]1CC[C@H]2[C@@H]3[C@H](O)C[C@H]4C[C@@H](O)CC[C@]4(C)[C@H]3C[C@H](O)[C@]12C. The van der Waals surface area contributed by atoms with Crippen molar-refractivity contribution in [3.8, 4) is 0 Å². The van der Waals surface area contributed by atoms with Crippen LogP contribution < -0.4 is 0 Å². The minimum atomic E-state index is -0.259. The predicted molar refractivity (Wildman–Crippen MR) is 122 cm³/mol. The fourth-order valence-electron chi connectivity index (χ4n) is 9.18. The van der Waals surface area contributed by atoms with Gasteiger partial charge in [0.1, 0.15) is 0 Å². The van der Waals surface area contributed by atoms with E-state index in [1.807, 2.05) is 0 Å². The molecule has 0 aromatic carbocycles. The smallest absolute Gasteiger partial charge is 0.0602 e. The van der Waals surface area contributed by atoms with Crippen molar-refractivity contribution in [2.24, 2.45) is 52.3 Å². The van der Waals surface area contributed by atoms with Gasteiger partial charge in [-0.25, -0.2) is 0 Å². The topological polar surface area (TPSA) is 60.7 Å². The van der Waals surface area contributed by atoms with Crippen molar-refractivity contribution in [2.75, 3.05) is 0 Å². The van der Waals surface area contributed by atoms with Gasteiger partial charge >= 0.3 is 0 Å². The summed E-state index contributed by atoms with van der Waals surface area (Å²) >= 11 is 0.